The van der Waals surface area contributed by atoms with Gasteiger partial charge >= 0.3 is 0 Å². The molecule has 3 heteroatoms. The van der Waals surface area contributed by atoms with Gasteiger partial charge in [-0.15, -0.1) is 0 Å². The van der Waals surface area contributed by atoms with E-state index in [0.29, 0.717) is 10.2 Å². The van der Waals surface area contributed by atoms with E-state index in [9.17, 15) is 5.11 Å². The van der Waals surface area contributed by atoms with Gasteiger partial charge in [0.2, 0.25) is 0 Å². The molecule has 0 heterocycles. The number of hydrogen-bond donors (Lipinski definition) is 1. The molecule has 0 fully saturated rings. The van der Waals surface area contributed by atoms with E-state index in [0.717, 1.165) is 5.56 Å². The summed E-state index contributed by atoms with van der Waals surface area (Å²) >= 11 is 3.20. The van der Waals surface area contributed by atoms with Crippen LogP contribution in [0.5, 0.6) is 11.5 Å². The Kier molecular flexibility index (Phi) is 2.39. The number of rotatable bonds is 1. The van der Waals surface area contributed by atoms with Gasteiger partial charge in [0.15, 0.2) is 0 Å². The summed E-state index contributed by atoms with van der Waals surface area (Å²) in [6.45, 7) is 1.80. The maximum Gasteiger partial charge on any atom is 0.136 e. The van der Waals surface area contributed by atoms with Gasteiger partial charge < -0.3 is 9.84 Å². The molecule has 0 unspecified atom stereocenters. The molecule has 0 amide bonds. The smallest absolute Gasteiger partial charge is 0.136 e. The monoisotopic (exact) mass is 216 g/mol. The fourth-order valence-corrected chi connectivity index (χ4v) is 1.30. The molecule has 11 heavy (non-hydrogen) atoms. The van der Waals surface area contributed by atoms with E-state index in [1.54, 1.807) is 26.2 Å². The van der Waals surface area contributed by atoms with Crippen LogP contribution >= 0.6 is 15.9 Å². The molecule has 0 aliphatic carbocycles. The topological polar surface area (TPSA) is 29.5 Å². The van der Waals surface area contributed by atoms with Gasteiger partial charge in [-0.1, -0.05) is 0 Å². The molecule has 1 aromatic rings. The lowest BCUT2D eigenvalue weighted by atomic mass is 10.2. The van der Waals surface area contributed by atoms with Crippen molar-refractivity contribution in [1.29, 1.82) is 0 Å². The third-order valence-corrected chi connectivity index (χ3v) is 2.19. The first-order chi connectivity index (χ1) is 5.16. The summed E-state index contributed by atoms with van der Waals surface area (Å²) in [5, 5.41) is 9.39. The number of phenolic OH excluding ortho intramolecular Hbond substituents is 1. The van der Waals surface area contributed by atoms with Gasteiger partial charge in [-0.2, -0.15) is 0 Å². The Bertz CT molecular complexity index is 271. The van der Waals surface area contributed by atoms with Crippen LogP contribution in [0.3, 0.4) is 0 Å². The zero-order valence-electron chi connectivity index (χ0n) is 6.39. The molecule has 1 rings (SSSR count). The number of phenols is 1. The van der Waals surface area contributed by atoms with E-state index < -0.39 is 0 Å². The predicted molar refractivity (Wildman–Crippen MR) is 47.1 cm³/mol. The highest BCUT2D eigenvalue weighted by Crippen LogP contribution is 2.33. The highest BCUT2D eigenvalue weighted by atomic mass is 79.9. The molecule has 0 aromatic heterocycles. The molecule has 60 valence electrons. The average Bonchev–Trinajstić information content (AvgIpc) is 2.01. The highest BCUT2D eigenvalue weighted by molar-refractivity contribution is 9.10. The minimum Gasteiger partial charge on any atom is -0.506 e. The summed E-state index contributed by atoms with van der Waals surface area (Å²) < 4.78 is 5.69. The molecule has 0 spiro atoms. The quantitative estimate of drug-likeness (QED) is 0.782. The summed E-state index contributed by atoms with van der Waals surface area (Å²) in [7, 11) is 1.58. The van der Waals surface area contributed by atoms with Crippen LogP contribution in [-0.2, 0) is 0 Å². The zero-order valence-corrected chi connectivity index (χ0v) is 7.97. The third kappa shape index (κ3) is 1.48. The largest absolute Gasteiger partial charge is 0.506 e. The Morgan fingerprint density at radius 3 is 2.64 bits per heavy atom. The van der Waals surface area contributed by atoms with Crippen molar-refractivity contribution in [3.05, 3.63) is 22.2 Å². The van der Waals surface area contributed by atoms with Crippen LogP contribution in [-0.4, -0.2) is 12.2 Å². The van der Waals surface area contributed by atoms with E-state index >= 15 is 0 Å². The Morgan fingerprint density at radius 1 is 1.45 bits per heavy atom. The van der Waals surface area contributed by atoms with Crippen molar-refractivity contribution in [2.45, 2.75) is 6.92 Å². The Hall–Kier alpha value is -0.700. The van der Waals surface area contributed by atoms with Crippen LogP contribution in [0.1, 0.15) is 5.56 Å². The minimum atomic E-state index is 0.240. The maximum atomic E-state index is 9.39. The molecule has 2 nitrogen and oxygen atoms in total. The van der Waals surface area contributed by atoms with Crippen molar-refractivity contribution in [1.82, 2.24) is 0 Å². The molecule has 0 aliphatic heterocycles. The van der Waals surface area contributed by atoms with Crippen molar-refractivity contribution < 1.29 is 9.84 Å². The molecule has 1 aromatic carbocycles. The lowest BCUT2D eigenvalue weighted by Crippen LogP contribution is -1.87. The molecule has 0 atom stereocenters. The fourth-order valence-electron chi connectivity index (χ4n) is 0.870. The number of methoxy groups -OCH3 is 1. The first kappa shape index (κ1) is 8.40. The minimum absolute atomic E-state index is 0.240. The van der Waals surface area contributed by atoms with Crippen molar-refractivity contribution in [2.24, 2.45) is 0 Å². The third-order valence-electron chi connectivity index (χ3n) is 1.55. The van der Waals surface area contributed by atoms with Gasteiger partial charge in [-0.3, -0.25) is 0 Å². The van der Waals surface area contributed by atoms with E-state index in [4.69, 9.17) is 4.74 Å². The molecule has 0 aliphatic rings. The van der Waals surface area contributed by atoms with Gasteiger partial charge in [0.1, 0.15) is 11.5 Å². The van der Waals surface area contributed by atoms with Gasteiger partial charge in [-0.25, -0.2) is 0 Å². The lowest BCUT2D eigenvalue weighted by Gasteiger charge is -2.06. The number of aromatic hydroxyl groups is 1. The highest BCUT2D eigenvalue weighted by Gasteiger charge is 2.05. The second-order valence-electron chi connectivity index (χ2n) is 2.22. The molecule has 0 bridgehead atoms. The van der Waals surface area contributed by atoms with E-state index in [2.05, 4.69) is 15.9 Å². The normalized spacial score (nSPS) is 9.73. The van der Waals surface area contributed by atoms with Crippen LogP contribution < -0.4 is 4.74 Å². The van der Waals surface area contributed by atoms with Crippen LogP contribution in [0.4, 0.5) is 0 Å². The Balaban J connectivity index is 3.25. The first-order valence-corrected chi connectivity index (χ1v) is 3.98. The van der Waals surface area contributed by atoms with Gasteiger partial charge in [0, 0.05) is 5.56 Å². The summed E-state index contributed by atoms with van der Waals surface area (Å²) in [5.74, 6) is 0.940. The molecular weight excluding hydrogens is 208 g/mol. The Morgan fingerprint density at radius 2 is 2.09 bits per heavy atom. The average molecular weight is 217 g/mol. The van der Waals surface area contributed by atoms with E-state index in [1.807, 2.05) is 0 Å². The summed E-state index contributed by atoms with van der Waals surface area (Å²) in [4.78, 5) is 0. The van der Waals surface area contributed by atoms with Crippen molar-refractivity contribution in [3.63, 3.8) is 0 Å². The van der Waals surface area contributed by atoms with Gasteiger partial charge in [0.25, 0.3) is 0 Å². The van der Waals surface area contributed by atoms with Gasteiger partial charge in [0.05, 0.1) is 11.6 Å². The predicted octanol–water partition coefficient (Wildman–Crippen LogP) is 2.47. The Labute approximate surface area is 73.9 Å². The van der Waals surface area contributed by atoms with Crippen LogP contribution in [0, 0.1) is 6.92 Å². The molecule has 0 saturated heterocycles. The van der Waals surface area contributed by atoms with Crippen LogP contribution in [0.15, 0.2) is 16.6 Å². The SMILES string of the molecule is COc1ccc(Br)c(O)c1C. The second-order valence-corrected chi connectivity index (χ2v) is 3.08. The molecular formula is C8H9BrO2. The van der Waals surface area contributed by atoms with Crippen molar-refractivity contribution in [2.75, 3.05) is 7.11 Å². The van der Waals surface area contributed by atoms with E-state index in [1.165, 1.54) is 0 Å². The van der Waals surface area contributed by atoms with Crippen molar-refractivity contribution >= 4 is 15.9 Å². The first-order valence-electron chi connectivity index (χ1n) is 3.19. The van der Waals surface area contributed by atoms with E-state index in [-0.39, 0.29) is 5.75 Å². The lowest BCUT2D eigenvalue weighted by molar-refractivity contribution is 0.402. The van der Waals surface area contributed by atoms with Crippen LogP contribution in [0.2, 0.25) is 0 Å². The van der Waals surface area contributed by atoms with Crippen molar-refractivity contribution in [3.8, 4) is 11.5 Å². The summed E-state index contributed by atoms with van der Waals surface area (Å²) in [5.41, 5.74) is 0.752. The second kappa shape index (κ2) is 3.13. The number of benzene rings is 1. The standard InChI is InChI=1S/C8H9BrO2/c1-5-7(11-2)4-3-6(9)8(5)10/h3-4,10H,1-2H3. The maximum absolute atomic E-state index is 9.39. The van der Waals surface area contributed by atoms with Crippen LogP contribution in [0.25, 0.3) is 0 Å². The summed E-state index contributed by atoms with van der Waals surface area (Å²) in [6, 6.07) is 3.56. The fraction of sp³-hybridized carbons (Fsp3) is 0.250. The number of hydrogen-bond acceptors (Lipinski definition) is 2. The number of ether oxygens (including phenoxy) is 1. The van der Waals surface area contributed by atoms with Gasteiger partial charge in [-0.05, 0) is 35.0 Å². The molecule has 0 radical (unpaired) electrons. The summed E-state index contributed by atoms with van der Waals surface area (Å²) in [6.07, 6.45) is 0. The molecule has 1 N–H and O–H groups in total. The zero-order chi connectivity index (χ0) is 8.43. The molecule has 0 saturated carbocycles. The number of halogens is 1.